The first-order valence-electron chi connectivity index (χ1n) is 12.0. The van der Waals surface area contributed by atoms with Crippen molar-refractivity contribution in [3.05, 3.63) is 53.5 Å². The SMILES string of the molecule is BC1(B)OC2CN(C(=O)c3ccc(OCC4CC(F)(F)C4)c(OC)n3)CCC2(c2cccc(F)c2)O1. The van der Waals surface area contributed by atoms with Gasteiger partial charge in [-0.15, -0.1) is 0 Å². The third kappa shape index (κ3) is 4.68. The second-order valence-corrected chi connectivity index (χ2v) is 10.2. The first-order chi connectivity index (χ1) is 17.0. The summed E-state index contributed by atoms with van der Waals surface area (Å²) >= 11 is 0. The Hall–Kier alpha value is -2.72. The molecule has 3 fully saturated rings. The van der Waals surface area contributed by atoms with Gasteiger partial charge in [0.15, 0.2) is 21.4 Å². The summed E-state index contributed by atoms with van der Waals surface area (Å²) < 4.78 is 63.6. The Morgan fingerprint density at radius 2 is 2.03 bits per heavy atom. The van der Waals surface area contributed by atoms with E-state index in [1.807, 2.05) is 6.07 Å². The predicted octanol–water partition coefficient (Wildman–Crippen LogP) is 1.69. The zero-order chi connectivity index (χ0) is 25.7. The normalized spacial score (nSPS) is 26.7. The zero-order valence-corrected chi connectivity index (χ0v) is 20.4. The summed E-state index contributed by atoms with van der Waals surface area (Å²) in [4.78, 5) is 19.3. The number of nitrogens with zero attached hydrogens (tertiary/aromatic N) is 2. The molecule has 36 heavy (non-hydrogen) atoms. The number of amides is 1. The number of fused-ring (bicyclic) bond motifs is 1. The Kier molecular flexibility index (Phi) is 6.23. The van der Waals surface area contributed by atoms with E-state index in [0.717, 1.165) is 0 Å². The Morgan fingerprint density at radius 1 is 1.25 bits per heavy atom. The van der Waals surface area contributed by atoms with Crippen LogP contribution in [0, 0.1) is 11.7 Å². The average Bonchev–Trinajstić information content (AvgIpc) is 3.11. The number of pyridine rings is 1. The number of carbonyl (C=O) groups excluding carboxylic acids is 1. The summed E-state index contributed by atoms with van der Waals surface area (Å²) in [6.07, 6.45) is -0.484. The van der Waals surface area contributed by atoms with Gasteiger partial charge in [-0.25, -0.2) is 18.2 Å². The minimum atomic E-state index is -2.61. The van der Waals surface area contributed by atoms with Crippen LogP contribution in [0.2, 0.25) is 0 Å². The highest BCUT2D eigenvalue weighted by atomic mass is 19.3. The number of ether oxygens (including phenoxy) is 4. The third-order valence-electron chi connectivity index (χ3n) is 7.00. The Morgan fingerprint density at radius 3 is 2.72 bits per heavy atom. The number of piperidine rings is 1. The maximum Gasteiger partial charge on any atom is 0.272 e. The number of aromatic nitrogens is 1. The van der Waals surface area contributed by atoms with Crippen LogP contribution in [0.3, 0.4) is 0 Å². The van der Waals surface area contributed by atoms with Crippen molar-refractivity contribution in [2.45, 2.75) is 42.5 Å². The molecule has 0 radical (unpaired) electrons. The number of carbonyl (C=O) groups is 1. The lowest BCUT2D eigenvalue weighted by Gasteiger charge is -2.42. The molecule has 2 aromatic rings. The summed E-state index contributed by atoms with van der Waals surface area (Å²) in [5.74, 6) is -3.12. The first kappa shape index (κ1) is 25.0. The molecule has 1 aromatic carbocycles. The summed E-state index contributed by atoms with van der Waals surface area (Å²) in [5.41, 5.74) is -0.939. The molecule has 1 saturated carbocycles. The van der Waals surface area contributed by atoms with Gasteiger partial charge in [-0.1, -0.05) is 12.1 Å². The Balaban J connectivity index is 1.30. The second-order valence-electron chi connectivity index (χ2n) is 10.2. The van der Waals surface area contributed by atoms with Gasteiger partial charge in [0.05, 0.1) is 25.8 Å². The van der Waals surface area contributed by atoms with Crippen LogP contribution in [-0.2, 0) is 15.1 Å². The van der Waals surface area contributed by atoms with Gasteiger partial charge >= 0.3 is 0 Å². The Labute approximate surface area is 209 Å². The fraction of sp³-hybridized carbons (Fsp3) is 0.500. The van der Waals surface area contributed by atoms with Crippen LogP contribution >= 0.6 is 0 Å². The molecule has 1 aromatic heterocycles. The molecule has 0 spiro atoms. The van der Waals surface area contributed by atoms with Crippen LogP contribution in [0.1, 0.15) is 35.3 Å². The van der Waals surface area contributed by atoms with Gasteiger partial charge in [0.1, 0.15) is 23.2 Å². The van der Waals surface area contributed by atoms with Crippen LogP contribution in [0.4, 0.5) is 13.2 Å². The van der Waals surface area contributed by atoms with E-state index in [2.05, 4.69) is 4.98 Å². The molecular formula is C24H27B2F3N2O5. The molecule has 2 unspecified atom stereocenters. The van der Waals surface area contributed by atoms with Crippen molar-refractivity contribution >= 4 is 21.6 Å². The summed E-state index contributed by atoms with van der Waals surface area (Å²) in [7, 11) is 5.00. The van der Waals surface area contributed by atoms with E-state index in [4.69, 9.17) is 18.9 Å². The van der Waals surface area contributed by atoms with Crippen LogP contribution < -0.4 is 9.47 Å². The molecule has 190 valence electrons. The highest BCUT2D eigenvalue weighted by Crippen LogP contribution is 2.47. The van der Waals surface area contributed by atoms with Gasteiger partial charge in [-0.2, -0.15) is 0 Å². The highest BCUT2D eigenvalue weighted by Gasteiger charge is 2.56. The van der Waals surface area contributed by atoms with Crippen molar-refractivity contribution in [2.75, 3.05) is 26.8 Å². The number of methoxy groups -OCH3 is 1. The molecule has 12 heteroatoms. The Bertz CT molecular complexity index is 1160. The molecule has 2 aliphatic heterocycles. The van der Waals surface area contributed by atoms with E-state index < -0.39 is 23.2 Å². The second kappa shape index (κ2) is 8.99. The summed E-state index contributed by atoms with van der Waals surface area (Å²) in [5, 5.41) is 0. The predicted molar refractivity (Wildman–Crippen MR) is 128 cm³/mol. The molecule has 1 amide bonds. The smallest absolute Gasteiger partial charge is 0.272 e. The van der Waals surface area contributed by atoms with Gasteiger partial charge in [-0.3, -0.25) is 4.79 Å². The third-order valence-corrected chi connectivity index (χ3v) is 7.00. The number of rotatable bonds is 6. The molecule has 7 nitrogen and oxygen atoms in total. The molecule has 3 aliphatic rings. The van der Waals surface area contributed by atoms with Crippen molar-refractivity contribution in [3.8, 4) is 11.6 Å². The number of likely N-dealkylation sites (tertiary alicyclic amines) is 1. The average molecular weight is 502 g/mol. The van der Waals surface area contributed by atoms with E-state index >= 15 is 0 Å². The van der Waals surface area contributed by atoms with E-state index in [0.29, 0.717) is 24.3 Å². The van der Waals surface area contributed by atoms with Crippen LogP contribution in [0.15, 0.2) is 36.4 Å². The summed E-state index contributed by atoms with van der Waals surface area (Å²) in [6.45, 7) is 0.713. The van der Waals surface area contributed by atoms with Crippen molar-refractivity contribution in [2.24, 2.45) is 5.92 Å². The van der Waals surface area contributed by atoms with Crippen molar-refractivity contribution < 1.29 is 36.9 Å². The van der Waals surface area contributed by atoms with Crippen LogP contribution in [0.25, 0.3) is 0 Å². The van der Waals surface area contributed by atoms with Gasteiger partial charge in [-0.05, 0) is 29.8 Å². The van der Waals surface area contributed by atoms with Crippen molar-refractivity contribution in [1.82, 2.24) is 9.88 Å². The minimum Gasteiger partial charge on any atom is -0.488 e. The number of halogens is 3. The van der Waals surface area contributed by atoms with Gasteiger partial charge in [0.25, 0.3) is 11.8 Å². The number of hydrogen-bond acceptors (Lipinski definition) is 6. The van der Waals surface area contributed by atoms with Crippen molar-refractivity contribution in [1.29, 1.82) is 0 Å². The molecule has 1 aliphatic carbocycles. The largest absolute Gasteiger partial charge is 0.488 e. The fourth-order valence-electron chi connectivity index (χ4n) is 5.36. The lowest BCUT2D eigenvalue weighted by Crippen LogP contribution is -2.53. The molecule has 2 atom stereocenters. The molecule has 2 saturated heterocycles. The molecule has 0 N–H and O–H groups in total. The molecule has 3 heterocycles. The van der Waals surface area contributed by atoms with Gasteiger partial charge in [0, 0.05) is 31.7 Å². The van der Waals surface area contributed by atoms with Crippen LogP contribution in [-0.4, -0.2) is 75.9 Å². The monoisotopic (exact) mass is 502 g/mol. The maximum absolute atomic E-state index is 14.0. The topological polar surface area (TPSA) is 70.1 Å². The van der Waals surface area contributed by atoms with Gasteiger partial charge in [0.2, 0.25) is 5.92 Å². The quantitative estimate of drug-likeness (QED) is 0.561. The van der Waals surface area contributed by atoms with E-state index in [1.165, 1.54) is 25.3 Å². The maximum atomic E-state index is 14.0. The number of hydrogen-bond donors (Lipinski definition) is 0. The first-order valence-corrected chi connectivity index (χ1v) is 12.0. The number of benzene rings is 1. The standard InChI is InChI=1S/C24H27B2F3N2O5/c1-33-20-18(34-13-14-10-22(28,29)11-14)6-5-17(30-20)21(32)31-8-7-23(15-3-2-4-16(27)9-15)19(12-31)35-24(25,26)36-23/h2-6,9,14,19H,7-8,10-13,25-26H2,1H3. The number of alkyl halides is 2. The molecular weight excluding hydrogens is 475 g/mol. The highest BCUT2D eigenvalue weighted by molar-refractivity contribution is 6.38. The lowest BCUT2D eigenvalue weighted by molar-refractivity contribution is -0.119. The van der Waals surface area contributed by atoms with Crippen molar-refractivity contribution in [3.63, 3.8) is 0 Å². The van der Waals surface area contributed by atoms with E-state index in [9.17, 15) is 18.0 Å². The summed E-state index contributed by atoms with van der Waals surface area (Å²) in [6, 6.07) is 9.37. The minimum absolute atomic E-state index is 0.111. The van der Waals surface area contributed by atoms with E-state index in [-0.39, 0.29) is 55.2 Å². The lowest BCUT2D eigenvalue weighted by atomic mass is 9.76. The van der Waals surface area contributed by atoms with Crippen LogP contribution in [0.5, 0.6) is 11.6 Å². The molecule has 5 rings (SSSR count). The molecule has 0 bridgehead atoms. The fourth-order valence-corrected chi connectivity index (χ4v) is 5.36. The van der Waals surface area contributed by atoms with E-state index in [1.54, 1.807) is 32.7 Å². The van der Waals surface area contributed by atoms with Gasteiger partial charge < -0.3 is 23.8 Å². The zero-order valence-electron chi connectivity index (χ0n) is 20.4.